The molecule has 7 heteroatoms. The fraction of sp³-hybridized carbons (Fsp3) is 0.692. The van der Waals surface area contributed by atoms with Crippen molar-refractivity contribution in [2.75, 3.05) is 6.54 Å². The van der Waals surface area contributed by atoms with Crippen molar-refractivity contribution in [2.24, 2.45) is 7.05 Å². The Balaban J connectivity index is 1.90. The molecule has 1 aromatic rings. The van der Waals surface area contributed by atoms with Crippen molar-refractivity contribution < 1.29 is 9.59 Å². The van der Waals surface area contributed by atoms with E-state index in [-0.39, 0.29) is 18.4 Å². The highest BCUT2D eigenvalue weighted by Gasteiger charge is 2.49. The maximum atomic E-state index is 12.4. The zero-order valence-electron chi connectivity index (χ0n) is 11.6. The van der Waals surface area contributed by atoms with Crippen molar-refractivity contribution in [2.45, 2.75) is 44.2 Å². The maximum Gasteiger partial charge on any atom is 0.246 e. The molecule has 0 radical (unpaired) electrons. The van der Waals surface area contributed by atoms with Crippen molar-refractivity contribution >= 4 is 11.8 Å². The minimum Gasteiger partial charge on any atom is -0.345 e. The van der Waals surface area contributed by atoms with Gasteiger partial charge in [0.25, 0.3) is 0 Å². The Morgan fingerprint density at radius 1 is 1.30 bits per heavy atom. The molecule has 2 fully saturated rings. The number of amides is 2. The number of piperazine rings is 1. The molecule has 20 heavy (non-hydrogen) atoms. The molecule has 2 aliphatic rings. The molecule has 7 nitrogen and oxygen atoms in total. The number of carbonyl (C=O) groups excluding carboxylic acids is 2. The highest BCUT2D eigenvalue weighted by molar-refractivity contribution is 5.98. The number of rotatable bonds is 2. The quantitative estimate of drug-likeness (QED) is 0.823. The van der Waals surface area contributed by atoms with Crippen molar-refractivity contribution in [3.05, 3.63) is 11.9 Å². The van der Waals surface area contributed by atoms with E-state index < -0.39 is 5.54 Å². The number of hydrogen-bond acceptors (Lipinski definition) is 4. The summed E-state index contributed by atoms with van der Waals surface area (Å²) in [6.45, 7) is 0.445. The van der Waals surface area contributed by atoms with Gasteiger partial charge in [-0.05, 0) is 12.8 Å². The van der Waals surface area contributed by atoms with Crippen LogP contribution in [0, 0.1) is 0 Å². The lowest BCUT2D eigenvalue weighted by atomic mass is 9.78. The van der Waals surface area contributed by atoms with Gasteiger partial charge in [0.1, 0.15) is 11.2 Å². The second-order valence-electron chi connectivity index (χ2n) is 5.64. The summed E-state index contributed by atoms with van der Waals surface area (Å²) < 4.78 is 1.61. The average Bonchev–Trinajstić information content (AvgIpc) is 2.86. The summed E-state index contributed by atoms with van der Waals surface area (Å²) in [7, 11) is 1.79. The zero-order valence-corrected chi connectivity index (χ0v) is 11.6. The smallest absolute Gasteiger partial charge is 0.246 e. The van der Waals surface area contributed by atoms with E-state index >= 15 is 0 Å². The van der Waals surface area contributed by atoms with Crippen LogP contribution in [0.4, 0.5) is 0 Å². The van der Waals surface area contributed by atoms with Gasteiger partial charge in [0.2, 0.25) is 11.8 Å². The molecular formula is C13H19N5O2. The van der Waals surface area contributed by atoms with Crippen LogP contribution in [0.1, 0.15) is 37.8 Å². The molecule has 1 saturated carbocycles. The van der Waals surface area contributed by atoms with E-state index in [9.17, 15) is 9.59 Å². The molecule has 1 N–H and O–H groups in total. The van der Waals surface area contributed by atoms with Gasteiger partial charge in [-0.3, -0.25) is 14.3 Å². The predicted octanol–water partition coefficient (Wildman–Crippen LogP) is -0.0236. The molecule has 0 bridgehead atoms. The molecule has 3 rings (SSSR count). The van der Waals surface area contributed by atoms with E-state index in [1.54, 1.807) is 22.8 Å². The largest absolute Gasteiger partial charge is 0.345 e. The van der Waals surface area contributed by atoms with Gasteiger partial charge >= 0.3 is 0 Å². The van der Waals surface area contributed by atoms with E-state index in [4.69, 9.17) is 0 Å². The third-order valence-corrected chi connectivity index (χ3v) is 4.29. The lowest BCUT2D eigenvalue weighted by Gasteiger charge is -2.47. The number of aromatic nitrogens is 3. The fourth-order valence-corrected chi connectivity index (χ4v) is 3.28. The van der Waals surface area contributed by atoms with Crippen LogP contribution in [0.5, 0.6) is 0 Å². The highest BCUT2D eigenvalue weighted by atomic mass is 16.2. The lowest BCUT2D eigenvalue weighted by Crippen LogP contribution is -2.67. The Morgan fingerprint density at radius 2 is 2.05 bits per heavy atom. The van der Waals surface area contributed by atoms with E-state index in [0.717, 1.165) is 37.8 Å². The third kappa shape index (κ3) is 2.07. The van der Waals surface area contributed by atoms with Crippen molar-refractivity contribution in [1.29, 1.82) is 0 Å². The van der Waals surface area contributed by atoms with Crippen LogP contribution in [0.2, 0.25) is 0 Å². The summed E-state index contributed by atoms with van der Waals surface area (Å²) in [5.74, 6) is -0.0437. The fourth-order valence-electron chi connectivity index (χ4n) is 3.28. The minimum atomic E-state index is -0.675. The van der Waals surface area contributed by atoms with Gasteiger partial charge in [0.05, 0.1) is 13.1 Å². The Bertz CT molecular complexity index is 533. The van der Waals surface area contributed by atoms with Crippen LogP contribution in [0.25, 0.3) is 0 Å². The molecule has 0 unspecified atom stereocenters. The standard InChI is InChI=1S/C13H19N5O2/c1-17-8-10(15-16-17)9-18-11(19)7-14-12(20)13(18)5-3-2-4-6-13/h8H,2-7,9H2,1H3,(H,14,20). The first-order valence-electron chi connectivity index (χ1n) is 7.06. The van der Waals surface area contributed by atoms with Gasteiger partial charge in [-0.15, -0.1) is 5.10 Å². The second-order valence-corrected chi connectivity index (χ2v) is 5.64. The number of carbonyl (C=O) groups is 2. The summed E-state index contributed by atoms with van der Waals surface area (Å²) in [5, 5.41) is 10.7. The zero-order chi connectivity index (χ0) is 14.2. The number of nitrogens with one attached hydrogen (secondary N) is 1. The highest BCUT2D eigenvalue weighted by Crippen LogP contribution is 2.36. The van der Waals surface area contributed by atoms with Crippen molar-refractivity contribution in [3.63, 3.8) is 0 Å². The topological polar surface area (TPSA) is 80.1 Å². The summed E-state index contributed by atoms with van der Waals surface area (Å²) in [4.78, 5) is 26.4. The average molecular weight is 277 g/mol. The molecule has 1 aliphatic heterocycles. The number of nitrogens with zero attached hydrogens (tertiary/aromatic N) is 4. The van der Waals surface area contributed by atoms with Crippen LogP contribution < -0.4 is 5.32 Å². The molecule has 1 saturated heterocycles. The van der Waals surface area contributed by atoms with Gasteiger partial charge in [-0.25, -0.2) is 0 Å². The van der Waals surface area contributed by atoms with Crippen LogP contribution >= 0.6 is 0 Å². The molecule has 0 aromatic carbocycles. The maximum absolute atomic E-state index is 12.4. The molecule has 1 spiro atoms. The molecule has 2 heterocycles. The summed E-state index contributed by atoms with van der Waals surface area (Å²) >= 11 is 0. The van der Waals surface area contributed by atoms with E-state index in [2.05, 4.69) is 15.6 Å². The molecule has 1 aromatic heterocycles. The number of aryl methyl sites for hydroxylation is 1. The van der Waals surface area contributed by atoms with Crippen molar-refractivity contribution in [1.82, 2.24) is 25.2 Å². The summed E-state index contributed by atoms with van der Waals surface area (Å²) in [6.07, 6.45) is 6.36. The first kappa shape index (κ1) is 13.1. The Hall–Kier alpha value is -1.92. The molecule has 2 amide bonds. The molecular weight excluding hydrogens is 258 g/mol. The summed E-state index contributed by atoms with van der Waals surface area (Å²) in [5.41, 5.74) is 0.0472. The predicted molar refractivity (Wildman–Crippen MR) is 70.4 cm³/mol. The molecule has 0 atom stereocenters. The normalized spacial score (nSPS) is 22.1. The Labute approximate surface area is 117 Å². The molecule has 108 valence electrons. The third-order valence-electron chi connectivity index (χ3n) is 4.29. The first-order valence-corrected chi connectivity index (χ1v) is 7.06. The van der Waals surface area contributed by atoms with Gasteiger partial charge in [0.15, 0.2) is 0 Å². The monoisotopic (exact) mass is 277 g/mol. The van der Waals surface area contributed by atoms with Gasteiger partial charge < -0.3 is 10.2 Å². The van der Waals surface area contributed by atoms with E-state index in [1.807, 2.05) is 0 Å². The Kier molecular flexibility index (Phi) is 3.19. The Morgan fingerprint density at radius 3 is 2.70 bits per heavy atom. The van der Waals surface area contributed by atoms with Crippen LogP contribution in [0.15, 0.2) is 6.20 Å². The second kappa shape index (κ2) is 4.88. The van der Waals surface area contributed by atoms with Crippen LogP contribution in [-0.2, 0) is 23.2 Å². The molecule has 1 aliphatic carbocycles. The van der Waals surface area contributed by atoms with E-state index in [1.165, 1.54) is 0 Å². The van der Waals surface area contributed by atoms with Crippen LogP contribution in [-0.4, -0.2) is 43.8 Å². The lowest BCUT2D eigenvalue weighted by molar-refractivity contribution is -0.157. The first-order chi connectivity index (χ1) is 9.62. The van der Waals surface area contributed by atoms with Gasteiger partial charge in [-0.2, -0.15) is 0 Å². The number of hydrogen-bond donors (Lipinski definition) is 1. The van der Waals surface area contributed by atoms with Crippen molar-refractivity contribution in [3.8, 4) is 0 Å². The minimum absolute atomic E-state index is 0.0132. The van der Waals surface area contributed by atoms with Gasteiger partial charge in [0, 0.05) is 13.2 Å². The SMILES string of the molecule is Cn1cc(CN2C(=O)CNC(=O)C23CCCCC3)nn1. The van der Waals surface area contributed by atoms with Gasteiger partial charge in [-0.1, -0.05) is 24.5 Å². The summed E-state index contributed by atoms with van der Waals surface area (Å²) in [6, 6.07) is 0. The van der Waals surface area contributed by atoms with Crippen LogP contribution in [0.3, 0.4) is 0 Å². The van der Waals surface area contributed by atoms with E-state index in [0.29, 0.717) is 6.54 Å².